The van der Waals surface area contributed by atoms with Crippen molar-refractivity contribution < 1.29 is 9.78 Å². The SMILES string of the molecule is COOCc1cccc(/C=c2\[nH]c(=O)/c(=C/c3nc[nH]c3C(C)(C)C)[nH]c2=O)c1. The van der Waals surface area contributed by atoms with Gasteiger partial charge in [-0.1, -0.05) is 39.0 Å². The number of rotatable bonds is 5. The summed E-state index contributed by atoms with van der Waals surface area (Å²) in [5.41, 5.74) is 2.13. The van der Waals surface area contributed by atoms with Gasteiger partial charge in [0, 0.05) is 11.1 Å². The van der Waals surface area contributed by atoms with E-state index in [0.717, 1.165) is 16.8 Å². The summed E-state index contributed by atoms with van der Waals surface area (Å²) in [6, 6.07) is 7.38. The molecule has 0 atom stereocenters. The molecule has 3 rings (SSSR count). The van der Waals surface area contributed by atoms with Gasteiger partial charge in [-0.15, -0.1) is 0 Å². The monoisotopic (exact) mass is 396 g/mol. The number of nitrogens with zero attached hydrogens (tertiary/aromatic N) is 1. The van der Waals surface area contributed by atoms with Crippen molar-refractivity contribution >= 4 is 12.2 Å². The Morgan fingerprint density at radius 2 is 1.76 bits per heavy atom. The number of aromatic nitrogens is 4. The molecule has 3 N–H and O–H groups in total. The minimum atomic E-state index is -0.405. The lowest BCUT2D eigenvalue weighted by atomic mass is 9.90. The van der Waals surface area contributed by atoms with Gasteiger partial charge in [0.1, 0.15) is 17.3 Å². The third-order valence-corrected chi connectivity index (χ3v) is 4.29. The van der Waals surface area contributed by atoms with E-state index in [1.807, 2.05) is 45.0 Å². The minimum Gasteiger partial charge on any atom is -0.348 e. The predicted molar refractivity (Wildman–Crippen MR) is 110 cm³/mol. The van der Waals surface area contributed by atoms with Crippen LogP contribution in [0, 0.1) is 0 Å². The summed E-state index contributed by atoms with van der Waals surface area (Å²) < 4.78 is 0. The molecule has 0 aliphatic rings. The molecule has 0 saturated heterocycles. The third kappa shape index (κ3) is 4.98. The van der Waals surface area contributed by atoms with Crippen molar-refractivity contribution in [1.29, 1.82) is 0 Å². The molecule has 8 heteroatoms. The second-order valence-electron chi connectivity index (χ2n) is 7.61. The van der Waals surface area contributed by atoms with E-state index in [1.165, 1.54) is 7.11 Å². The van der Waals surface area contributed by atoms with E-state index in [4.69, 9.17) is 4.89 Å². The Balaban J connectivity index is 2.03. The summed E-state index contributed by atoms with van der Waals surface area (Å²) >= 11 is 0. The molecule has 0 radical (unpaired) electrons. The first-order valence-corrected chi connectivity index (χ1v) is 9.12. The van der Waals surface area contributed by atoms with Crippen LogP contribution in [0.2, 0.25) is 0 Å². The first-order chi connectivity index (χ1) is 13.8. The lowest BCUT2D eigenvalue weighted by Crippen LogP contribution is -2.46. The third-order valence-electron chi connectivity index (χ3n) is 4.29. The number of imidazole rings is 1. The van der Waals surface area contributed by atoms with Crippen molar-refractivity contribution in [3.05, 3.63) is 84.5 Å². The second-order valence-corrected chi connectivity index (χ2v) is 7.61. The lowest BCUT2D eigenvalue weighted by Gasteiger charge is -2.16. The van der Waals surface area contributed by atoms with Gasteiger partial charge in [0.25, 0.3) is 11.1 Å². The van der Waals surface area contributed by atoms with Crippen LogP contribution in [-0.4, -0.2) is 27.0 Å². The van der Waals surface area contributed by atoms with Crippen LogP contribution in [-0.2, 0) is 21.8 Å². The second kappa shape index (κ2) is 8.42. The highest BCUT2D eigenvalue weighted by Crippen LogP contribution is 2.22. The molecule has 1 aromatic carbocycles. The van der Waals surface area contributed by atoms with Crippen LogP contribution in [0.1, 0.15) is 43.3 Å². The molecule has 0 spiro atoms. The molecule has 0 fully saturated rings. The Hall–Kier alpha value is -3.23. The fraction of sp³-hybridized carbons (Fsp3) is 0.286. The van der Waals surface area contributed by atoms with Gasteiger partial charge in [0.05, 0.1) is 19.1 Å². The Kier molecular flexibility index (Phi) is 5.95. The highest BCUT2D eigenvalue weighted by atomic mass is 17.2. The number of H-pyrrole nitrogens is 3. The number of hydrogen-bond acceptors (Lipinski definition) is 5. The normalized spacial score (nSPS) is 13.2. The summed E-state index contributed by atoms with van der Waals surface area (Å²) in [5.74, 6) is 0. The van der Waals surface area contributed by atoms with Gasteiger partial charge < -0.3 is 15.0 Å². The van der Waals surface area contributed by atoms with Crippen molar-refractivity contribution in [3.63, 3.8) is 0 Å². The van der Waals surface area contributed by atoms with E-state index in [2.05, 4.69) is 24.8 Å². The fourth-order valence-electron chi connectivity index (χ4n) is 2.91. The number of nitrogens with one attached hydrogen (secondary N) is 3. The molecule has 0 saturated carbocycles. The van der Waals surface area contributed by atoms with Crippen LogP contribution in [0.4, 0.5) is 0 Å². The quantitative estimate of drug-likeness (QED) is 0.437. The van der Waals surface area contributed by atoms with E-state index in [9.17, 15) is 9.59 Å². The largest absolute Gasteiger partial charge is 0.348 e. The Bertz CT molecular complexity index is 1230. The van der Waals surface area contributed by atoms with Crippen LogP contribution in [0.25, 0.3) is 12.2 Å². The van der Waals surface area contributed by atoms with E-state index < -0.39 is 11.1 Å². The van der Waals surface area contributed by atoms with E-state index in [-0.39, 0.29) is 22.7 Å². The van der Waals surface area contributed by atoms with Crippen LogP contribution in [0.3, 0.4) is 0 Å². The molecule has 0 bridgehead atoms. The van der Waals surface area contributed by atoms with Gasteiger partial charge in [-0.3, -0.25) is 9.59 Å². The van der Waals surface area contributed by atoms with Crippen LogP contribution in [0.15, 0.2) is 40.2 Å². The van der Waals surface area contributed by atoms with Crippen molar-refractivity contribution in [2.45, 2.75) is 32.8 Å². The summed E-state index contributed by atoms with van der Waals surface area (Å²) in [6.45, 7) is 6.39. The maximum atomic E-state index is 12.5. The fourth-order valence-corrected chi connectivity index (χ4v) is 2.91. The smallest absolute Gasteiger partial charge is 0.272 e. The summed E-state index contributed by atoms with van der Waals surface area (Å²) in [4.78, 5) is 47.2. The van der Waals surface area contributed by atoms with Gasteiger partial charge in [-0.05, 0) is 29.3 Å². The summed E-state index contributed by atoms with van der Waals surface area (Å²) in [5, 5.41) is 0.307. The maximum absolute atomic E-state index is 12.5. The van der Waals surface area contributed by atoms with Crippen LogP contribution >= 0.6 is 0 Å². The van der Waals surface area contributed by atoms with Crippen molar-refractivity contribution in [3.8, 4) is 0 Å². The number of hydrogen-bond donors (Lipinski definition) is 3. The maximum Gasteiger partial charge on any atom is 0.272 e. The zero-order valence-electron chi connectivity index (χ0n) is 16.8. The molecular formula is C21H24N4O4. The molecule has 8 nitrogen and oxygen atoms in total. The first kappa shape index (κ1) is 20.5. The van der Waals surface area contributed by atoms with Crippen molar-refractivity contribution in [2.24, 2.45) is 0 Å². The van der Waals surface area contributed by atoms with E-state index in [0.29, 0.717) is 5.69 Å². The van der Waals surface area contributed by atoms with Crippen LogP contribution in [0.5, 0.6) is 0 Å². The molecule has 152 valence electrons. The van der Waals surface area contributed by atoms with Gasteiger partial charge in [-0.2, -0.15) is 0 Å². The van der Waals surface area contributed by atoms with Gasteiger partial charge in [0.2, 0.25) is 0 Å². The average Bonchev–Trinajstić information content (AvgIpc) is 3.13. The molecule has 0 amide bonds. The number of aromatic amines is 3. The van der Waals surface area contributed by atoms with Crippen LogP contribution < -0.4 is 21.8 Å². The van der Waals surface area contributed by atoms with Crippen molar-refractivity contribution in [2.75, 3.05) is 7.11 Å². The Labute approximate surface area is 166 Å². The molecule has 3 aromatic rings. The predicted octanol–water partition coefficient (Wildman–Crippen LogP) is 0.819. The van der Waals surface area contributed by atoms with Gasteiger partial charge in [-0.25, -0.2) is 14.8 Å². The average molecular weight is 396 g/mol. The highest BCUT2D eigenvalue weighted by molar-refractivity contribution is 5.50. The molecule has 0 aliphatic carbocycles. The molecule has 0 unspecified atom stereocenters. The molecule has 2 heterocycles. The standard InChI is InChI=1S/C21H24N4O4/c1-21(2,3)18-15(22-12-23-18)10-17-20(27)24-16(19(26)25-17)9-13-6-5-7-14(8-13)11-29-28-4/h5-10,12H,11H2,1-4H3,(H,22,23)(H,24,27)(H,25,26)/b16-9-,17-10-. The minimum absolute atomic E-state index is 0.145. The topological polar surface area (TPSA) is 113 Å². The Morgan fingerprint density at radius 1 is 1.07 bits per heavy atom. The summed E-state index contributed by atoms with van der Waals surface area (Å²) in [7, 11) is 1.44. The molecular weight excluding hydrogens is 372 g/mol. The summed E-state index contributed by atoms with van der Waals surface area (Å²) in [6.07, 6.45) is 4.75. The Morgan fingerprint density at radius 3 is 2.41 bits per heavy atom. The first-order valence-electron chi connectivity index (χ1n) is 9.12. The lowest BCUT2D eigenvalue weighted by molar-refractivity contribution is -0.282. The van der Waals surface area contributed by atoms with Crippen molar-refractivity contribution in [1.82, 2.24) is 19.9 Å². The van der Waals surface area contributed by atoms with E-state index in [1.54, 1.807) is 18.5 Å². The molecule has 29 heavy (non-hydrogen) atoms. The highest BCUT2D eigenvalue weighted by Gasteiger charge is 2.19. The zero-order chi connectivity index (χ0) is 21.0. The van der Waals surface area contributed by atoms with Gasteiger partial charge >= 0.3 is 0 Å². The van der Waals surface area contributed by atoms with E-state index >= 15 is 0 Å². The molecule has 0 aliphatic heterocycles. The zero-order valence-corrected chi connectivity index (χ0v) is 16.8. The molecule has 2 aromatic heterocycles. The van der Waals surface area contributed by atoms with Gasteiger partial charge in [0.15, 0.2) is 0 Å². The number of benzene rings is 1.